The topological polar surface area (TPSA) is 115 Å². The fourth-order valence-electron chi connectivity index (χ4n) is 3.85. The Labute approximate surface area is 223 Å². The monoisotopic (exact) mass is 550 g/mol. The average Bonchev–Trinajstić information content (AvgIpc) is 2.89. The summed E-state index contributed by atoms with van der Waals surface area (Å²) in [6.45, 7) is 2.89. The van der Waals surface area contributed by atoms with Gasteiger partial charge in [0.05, 0.1) is 25.1 Å². The summed E-state index contributed by atoms with van der Waals surface area (Å²) in [4.78, 5) is 17.0. The van der Waals surface area contributed by atoms with Crippen molar-refractivity contribution in [2.45, 2.75) is 44.0 Å². The van der Waals surface area contributed by atoms with Crippen molar-refractivity contribution in [1.82, 2.24) is 4.98 Å². The number of nitrogens with two attached hydrogens (primary N) is 1. The lowest BCUT2D eigenvalue weighted by Gasteiger charge is -2.32. The Kier molecular flexibility index (Phi) is 8.99. The highest BCUT2D eigenvalue weighted by molar-refractivity contribution is 5.96. The van der Waals surface area contributed by atoms with Crippen molar-refractivity contribution in [1.29, 1.82) is 0 Å². The third-order valence-corrected chi connectivity index (χ3v) is 6.15. The van der Waals surface area contributed by atoms with Crippen molar-refractivity contribution in [3.63, 3.8) is 0 Å². The molecule has 1 aromatic heterocycles. The number of carbonyl (C=O) groups is 1. The molecule has 2 aromatic carbocycles. The molecule has 0 aliphatic heterocycles. The maximum atomic E-state index is 14.4. The lowest BCUT2D eigenvalue weighted by Crippen LogP contribution is -2.44. The van der Waals surface area contributed by atoms with Gasteiger partial charge in [0, 0.05) is 23.1 Å². The van der Waals surface area contributed by atoms with E-state index in [9.17, 15) is 27.5 Å². The molecule has 0 bridgehead atoms. The smallest absolute Gasteiger partial charge is 0.422 e. The molecule has 4 N–H and O–H groups in total. The Morgan fingerprint density at radius 1 is 1.03 bits per heavy atom. The first kappa shape index (κ1) is 30.0. The predicted molar refractivity (Wildman–Crippen MR) is 136 cm³/mol. The first-order valence-electron chi connectivity index (χ1n) is 12.0. The zero-order valence-electron chi connectivity index (χ0n) is 21.7. The van der Waals surface area contributed by atoms with E-state index in [1.165, 1.54) is 43.5 Å². The summed E-state index contributed by atoms with van der Waals surface area (Å²) in [6, 6.07) is 11.6. The molecule has 0 radical (unpaired) electrons. The first-order valence-corrected chi connectivity index (χ1v) is 12.0. The van der Waals surface area contributed by atoms with Crippen molar-refractivity contribution < 1.29 is 42.0 Å². The number of carbonyl (C=O) groups excluding carboxylic acids is 1. The number of rotatable bonds is 11. The van der Waals surface area contributed by atoms with E-state index in [1.54, 1.807) is 13.8 Å². The van der Waals surface area contributed by atoms with Gasteiger partial charge in [0.15, 0.2) is 17.3 Å². The molecule has 7 nitrogen and oxygen atoms in total. The molecule has 0 aliphatic rings. The van der Waals surface area contributed by atoms with E-state index in [-0.39, 0.29) is 41.5 Å². The van der Waals surface area contributed by atoms with E-state index in [2.05, 4.69) is 4.98 Å². The number of pyridine rings is 1. The van der Waals surface area contributed by atoms with Crippen LogP contribution in [0.1, 0.15) is 48.3 Å². The normalized spacial score (nSPS) is 13.6. The number of aromatic nitrogens is 1. The number of aliphatic hydroxyl groups excluding tert-OH is 1. The summed E-state index contributed by atoms with van der Waals surface area (Å²) in [5.41, 5.74) is 1.52. The van der Waals surface area contributed by atoms with Crippen LogP contribution in [-0.2, 0) is 11.1 Å². The highest BCUT2D eigenvalue weighted by Gasteiger charge is 2.56. The molecule has 1 unspecified atom stereocenters. The molecule has 0 aliphatic carbocycles. The number of nitrogens with zero attached hydrogens (tertiary/aromatic N) is 1. The molecule has 1 atom stereocenters. The van der Waals surface area contributed by atoms with Crippen LogP contribution >= 0.6 is 0 Å². The summed E-state index contributed by atoms with van der Waals surface area (Å²) in [5, 5.41) is 20.0. The number of hydrogen-bond donors (Lipinski definition) is 3. The zero-order chi connectivity index (χ0) is 29.0. The van der Waals surface area contributed by atoms with Crippen LogP contribution in [0.15, 0.2) is 54.6 Å². The first-order chi connectivity index (χ1) is 18.2. The van der Waals surface area contributed by atoms with Crippen LogP contribution in [0.5, 0.6) is 11.5 Å². The van der Waals surface area contributed by atoms with Gasteiger partial charge >= 0.3 is 6.18 Å². The predicted octanol–water partition coefficient (Wildman–Crippen LogP) is 4.87. The number of alkyl halides is 3. The quantitative estimate of drug-likeness (QED) is 0.230. The van der Waals surface area contributed by atoms with Gasteiger partial charge in [-0.15, -0.1) is 0 Å². The Morgan fingerprint density at radius 3 is 2.26 bits per heavy atom. The van der Waals surface area contributed by atoms with Crippen LogP contribution in [-0.4, -0.2) is 47.5 Å². The van der Waals surface area contributed by atoms with Crippen molar-refractivity contribution >= 4 is 5.78 Å². The Hall–Kier alpha value is -3.54. The summed E-state index contributed by atoms with van der Waals surface area (Å²) in [7, 11) is 1.33. The largest absolute Gasteiger partial charge is 0.493 e. The molecule has 0 saturated carbocycles. The van der Waals surface area contributed by atoms with Gasteiger partial charge in [0.1, 0.15) is 12.4 Å². The number of methoxy groups -OCH3 is 1. The number of halogens is 4. The van der Waals surface area contributed by atoms with E-state index < -0.39 is 47.5 Å². The van der Waals surface area contributed by atoms with Crippen molar-refractivity contribution in [3.05, 3.63) is 77.2 Å². The number of Topliss-reactive ketones (excluding diaryl/α,β-unsaturated/α-hetero) is 1. The highest BCUT2D eigenvalue weighted by atomic mass is 19.4. The maximum Gasteiger partial charge on any atom is 0.422 e. The Morgan fingerprint density at radius 2 is 1.69 bits per heavy atom. The second-order valence-electron chi connectivity index (χ2n) is 9.57. The molecule has 0 amide bonds. The van der Waals surface area contributed by atoms with Gasteiger partial charge in [-0.25, -0.2) is 9.37 Å². The van der Waals surface area contributed by atoms with Crippen LogP contribution in [0, 0.1) is 5.82 Å². The molecule has 3 aromatic rings. The van der Waals surface area contributed by atoms with E-state index in [4.69, 9.17) is 20.3 Å². The minimum absolute atomic E-state index is 0.0200. The Bertz CT molecular complexity index is 1310. The van der Waals surface area contributed by atoms with E-state index in [0.717, 1.165) is 18.2 Å². The summed E-state index contributed by atoms with van der Waals surface area (Å²) >= 11 is 0. The van der Waals surface area contributed by atoms with Crippen LogP contribution in [0.2, 0.25) is 0 Å². The van der Waals surface area contributed by atoms with Gasteiger partial charge in [0.25, 0.3) is 0 Å². The third-order valence-electron chi connectivity index (χ3n) is 6.15. The molecular weight excluding hydrogens is 520 g/mol. The number of hydrogen-bond acceptors (Lipinski definition) is 7. The van der Waals surface area contributed by atoms with E-state index in [0.29, 0.717) is 5.56 Å². The molecule has 11 heteroatoms. The van der Waals surface area contributed by atoms with Crippen LogP contribution in [0.4, 0.5) is 17.6 Å². The fourth-order valence-corrected chi connectivity index (χ4v) is 3.85. The number of aliphatic hydroxyl groups is 2. The highest BCUT2D eigenvalue weighted by Crippen LogP contribution is 2.43. The lowest BCUT2D eigenvalue weighted by molar-refractivity contribution is -0.270. The zero-order valence-corrected chi connectivity index (χ0v) is 21.7. The second-order valence-corrected chi connectivity index (χ2v) is 9.57. The molecular formula is C28H30F4N2O5. The Balaban J connectivity index is 2.00. The molecule has 0 fully saturated rings. The molecule has 210 valence electrons. The van der Waals surface area contributed by atoms with Gasteiger partial charge in [-0.3, -0.25) is 4.79 Å². The molecule has 1 heterocycles. The SMILES string of the molecule is COc1cc(C(=O)CCC(O)(c2cc(C(C)(C)N)cc(-c3ccc(F)cc3)n2)C(F)(F)F)ccc1OCCO. The lowest BCUT2D eigenvalue weighted by atomic mass is 9.86. The summed E-state index contributed by atoms with van der Waals surface area (Å²) in [6.07, 6.45) is -6.90. The summed E-state index contributed by atoms with van der Waals surface area (Å²) in [5.74, 6) is -0.819. The second kappa shape index (κ2) is 11.7. The van der Waals surface area contributed by atoms with Crippen molar-refractivity contribution in [2.75, 3.05) is 20.3 Å². The van der Waals surface area contributed by atoms with Crippen LogP contribution < -0.4 is 15.2 Å². The molecule has 0 saturated heterocycles. The summed E-state index contributed by atoms with van der Waals surface area (Å²) < 4.78 is 67.2. The maximum absolute atomic E-state index is 14.4. The minimum Gasteiger partial charge on any atom is -0.493 e. The van der Waals surface area contributed by atoms with Crippen molar-refractivity contribution in [3.8, 4) is 22.8 Å². The number of ether oxygens (including phenoxy) is 2. The average molecular weight is 551 g/mol. The van der Waals surface area contributed by atoms with Gasteiger partial charge < -0.3 is 25.4 Å². The molecule has 3 rings (SSSR count). The molecule has 0 spiro atoms. The third kappa shape index (κ3) is 6.92. The van der Waals surface area contributed by atoms with Gasteiger partial charge in [0.2, 0.25) is 5.60 Å². The number of ketones is 1. The van der Waals surface area contributed by atoms with E-state index in [1.807, 2.05) is 0 Å². The van der Waals surface area contributed by atoms with Crippen LogP contribution in [0.3, 0.4) is 0 Å². The van der Waals surface area contributed by atoms with Gasteiger partial charge in [-0.1, -0.05) is 0 Å². The van der Waals surface area contributed by atoms with Crippen molar-refractivity contribution in [2.24, 2.45) is 5.73 Å². The van der Waals surface area contributed by atoms with E-state index >= 15 is 0 Å². The van der Waals surface area contributed by atoms with Crippen LogP contribution in [0.25, 0.3) is 11.3 Å². The van der Waals surface area contributed by atoms with Gasteiger partial charge in [-0.2, -0.15) is 13.2 Å². The number of benzene rings is 2. The molecule has 39 heavy (non-hydrogen) atoms. The van der Waals surface area contributed by atoms with Gasteiger partial charge in [-0.05, 0) is 80.4 Å². The fraction of sp³-hybridized carbons (Fsp3) is 0.357. The minimum atomic E-state index is -5.20. The standard InChI is InChI=1S/C28H30F4N2O5/c1-26(2,33)19-15-21(17-4-7-20(29)8-5-17)34-25(16-19)27(37,28(30,31)32)11-10-22(36)18-6-9-23(39-13-12-35)24(14-18)38-3/h4-9,14-16,35,37H,10-13,33H2,1-3H3.